The zero-order chi connectivity index (χ0) is 8.69. The van der Waals surface area contributed by atoms with Crippen LogP contribution in [0, 0.1) is 0 Å². The first-order valence-electron chi connectivity index (χ1n) is 3.12. The molecule has 0 aromatic heterocycles. The van der Waals surface area contributed by atoms with Gasteiger partial charge >= 0.3 is 0 Å². The maximum absolute atomic E-state index is 10.7. The van der Waals surface area contributed by atoms with Crippen molar-refractivity contribution in [1.29, 1.82) is 0 Å². The van der Waals surface area contributed by atoms with Crippen molar-refractivity contribution in [3.63, 3.8) is 0 Å². The fourth-order valence-corrected chi connectivity index (χ4v) is 0.477. The number of aliphatic imine (C=N–C) groups is 1. The molecule has 0 fully saturated rings. The number of amides is 1. The Morgan fingerprint density at radius 2 is 2.36 bits per heavy atom. The summed E-state index contributed by atoms with van der Waals surface area (Å²) < 4.78 is 0. The molecule has 0 aliphatic heterocycles. The molecular formula is C8H9NO2. The molecule has 0 bridgehead atoms. The molecule has 58 valence electrons. The molecule has 0 aromatic rings. The largest absolute Gasteiger partial charge is 0.283 e. The third-order valence-electron chi connectivity index (χ3n) is 1.08. The summed E-state index contributed by atoms with van der Waals surface area (Å²) in [6.45, 7) is 5.06. The van der Waals surface area contributed by atoms with Gasteiger partial charge in [-0.15, -0.1) is 11.6 Å². The van der Waals surface area contributed by atoms with E-state index >= 15 is 0 Å². The Kier molecular flexibility index (Phi) is 4.61. The van der Waals surface area contributed by atoms with Gasteiger partial charge in [-0.25, -0.2) is 4.79 Å². The third kappa shape index (κ3) is 4.00. The smallest absolute Gasteiger partial charge is 0.266 e. The number of nitrogens with zero attached hydrogens (tertiary/aromatic N) is 1. The maximum Gasteiger partial charge on any atom is 0.283 e. The molecule has 1 amide bonds. The van der Waals surface area contributed by atoms with Gasteiger partial charge in [-0.05, 0) is 13.3 Å². The second kappa shape index (κ2) is 5.33. The van der Waals surface area contributed by atoms with Crippen LogP contribution in [-0.2, 0) is 9.59 Å². The van der Waals surface area contributed by atoms with Gasteiger partial charge in [0.25, 0.3) is 5.91 Å². The molecule has 0 N–H and O–H groups in total. The minimum absolute atomic E-state index is 0.438. The maximum atomic E-state index is 10.7. The van der Waals surface area contributed by atoms with Crippen molar-refractivity contribution >= 4 is 12.0 Å². The van der Waals surface area contributed by atoms with Crippen molar-refractivity contribution in [1.82, 2.24) is 0 Å². The lowest BCUT2D eigenvalue weighted by Gasteiger charge is -1.88. The second-order valence-electron chi connectivity index (χ2n) is 1.92. The van der Waals surface area contributed by atoms with Gasteiger partial charge in [0.1, 0.15) is 0 Å². The van der Waals surface area contributed by atoms with Crippen LogP contribution in [0.25, 0.3) is 0 Å². The average molecular weight is 151 g/mol. The first kappa shape index (κ1) is 9.53. The summed E-state index contributed by atoms with van der Waals surface area (Å²) in [6, 6.07) is 0. The first-order valence-corrected chi connectivity index (χ1v) is 3.12. The summed E-state index contributed by atoms with van der Waals surface area (Å²) >= 11 is 0. The van der Waals surface area contributed by atoms with Crippen LogP contribution < -0.4 is 0 Å². The van der Waals surface area contributed by atoms with E-state index in [1.165, 1.54) is 6.08 Å². The van der Waals surface area contributed by atoms with E-state index in [1.54, 1.807) is 19.1 Å². The van der Waals surface area contributed by atoms with E-state index in [0.29, 0.717) is 12.0 Å². The normalized spacial score (nSPS) is 10.1. The number of hydrogen-bond donors (Lipinski definition) is 0. The van der Waals surface area contributed by atoms with E-state index in [9.17, 15) is 9.59 Å². The third-order valence-corrected chi connectivity index (χ3v) is 1.08. The highest BCUT2D eigenvalue weighted by Gasteiger charge is 1.98. The molecule has 3 heteroatoms. The molecule has 0 aromatic carbocycles. The number of hydrogen-bond acceptors (Lipinski definition) is 2. The molecule has 0 unspecified atom stereocenters. The standard InChI is InChI=1S/C8H9NO2/c1-3-4-5-7(2)8(11)9-6-10/h3,5H,1,4H2,2H3. The van der Waals surface area contributed by atoms with Crippen LogP contribution in [0.1, 0.15) is 13.3 Å². The van der Waals surface area contributed by atoms with Crippen molar-refractivity contribution in [2.24, 2.45) is 4.99 Å². The highest BCUT2D eigenvalue weighted by atomic mass is 16.2. The molecule has 0 atom stereocenters. The van der Waals surface area contributed by atoms with Crippen LogP contribution in [0.15, 0.2) is 29.3 Å². The van der Waals surface area contributed by atoms with Crippen LogP contribution in [0.2, 0.25) is 0 Å². The quantitative estimate of drug-likeness (QED) is 0.264. The highest BCUT2D eigenvalue weighted by molar-refractivity contribution is 5.96. The number of carbonyl (C=O) groups excluding carboxylic acids is 2. The van der Waals surface area contributed by atoms with Crippen LogP contribution >= 0.6 is 0 Å². The van der Waals surface area contributed by atoms with Crippen LogP contribution in [0.5, 0.6) is 0 Å². The average Bonchev–Trinajstić information content (AvgIpc) is 2.00. The predicted octanol–water partition coefficient (Wildman–Crippen LogP) is 1.37. The molecule has 0 aliphatic carbocycles. The molecule has 0 aliphatic rings. The highest BCUT2D eigenvalue weighted by Crippen LogP contribution is 1.97. The van der Waals surface area contributed by atoms with Crippen molar-refractivity contribution < 1.29 is 9.59 Å². The summed E-state index contributed by atoms with van der Waals surface area (Å²) in [5.41, 5.74) is 0.438. The van der Waals surface area contributed by atoms with Crippen molar-refractivity contribution in [3.05, 3.63) is 24.3 Å². The van der Waals surface area contributed by atoms with Gasteiger partial charge in [0.2, 0.25) is 6.08 Å². The summed E-state index contributed by atoms with van der Waals surface area (Å²) in [4.78, 5) is 23.3. The van der Waals surface area contributed by atoms with Crippen LogP contribution in [-0.4, -0.2) is 12.0 Å². The van der Waals surface area contributed by atoms with Crippen molar-refractivity contribution in [3.8, 4) is 0 Å². The lowest BCUT2D eigenvalue weighted by atomic mass is 10.2. The second-order valence-corrected chi connectivity index (χ2v) is 1.92. The lowest BCUT2D eigenvalue weighted by molar-refractivity contribution is -0.114. The monoisotopic (exact) mass is 151 g/mol. The van der Waals surface area contributed by atoms with Crippen LogP contribution in [0.3, 0.4) is 0 Å². The fraction of sp³-hybridized carbons (Fsp3) is 0.250. The Morgan fingerprint density at radius 3 is 2.82 bits per heavy atom. The number of allylic oxidation sites excluding steroid dienone is 2. The number of rotatable bonds is 3. The van der Waals surface area contributed by atoms with Crippen molar-refractivity contribution in [2.75, 3.05) is 0 Å². The van der Waals surface area contributed by atoms with Gasteiger partial charge in [-0.2, -0.15) is 0 Å². The van der Waals surface area contributed by atoms with Gasteiger partial charge in [-0.3, -0.25) is 4.79 Å². The summed E-state index contributed by atoms with van der Waals surface area (Å²) in [5, 5.41) is 0. The van der Waals surface area contributed by atoms with E-state index in [1.807, 2.05) is 0 Å². The first-order chi connectivity index (χ1) is 5.22. The van der Waals surface area contributed by atoms with E-state index in [2.05, 4.69) is 11.6 Å². The molecule has 0 saturated heterocycles. The minimum Gasteiger partial charge on any atom is -0.266 e. The van der Waals surface area contributed by atoms with Gasteiger partial charge < -0.3 is 0 Å². The number of carbonyl (C=O) groups is 1. The van der Waals surface area contributed by atoms with Gasteiger partial charge in [-0.1, -0.05) is 12.2 Å². The Morgan fingerprint density at radius 1 is 1.73 bits per heavy atom. The molecule has 0 rings (SSSR count). The molecule has 0 saturated carbocycles. The minimum atomic E-state index is -0.540. The zero-order valence-electron chi connectivity index (χ0n) is 6.33. The molecule has 0 heterocycles. The Labute approximate surface area is 65.1 Å². The van der Waals surface area contributed by atoms with Crippen LogP contribution in [0.4, 0.5) is 0 Å². The molecule has 3 nitrogen and oxygen atoms in total. The molecule has 0 radical (unpaired) electrons. The van der Waals surface area contributed by atoms with E-state index < -0.39 is 5.91 Å². The summed E-state index contributed by atoms with van der Waals surface area (Å²) in [6.07, 6.45) is 5.09. The fourth-order valence-electron chi connectivity index (χ4n) is 0.477. The lowest BCUT2D eigenvalue weighted by Crippen LogP contribution is -1.93. The Hall–Kier alpha value is -1.47. The van der Waals surface area contributed by atoms with Crippen molar-refractivity contribution in [2.45, 2.75) is 13.3 Å². The topological polar surface area (TPSA) is 46.5 Å². The van der Waals surface area contributed by atoms with E-state index in [4.69, 9.17) is 0 Å². The molecule has 0 spiro atoms. The summed E-state index contributed by atoms with van der Waals surface area (Å²) in [5.74, 6) is -0.540. The van der Waals surface area contributed by atoms with Gasteiger partial charge in [0, 0.05) is 5.57 Å². The van der Waals surface area contributed by atoms with E-state index in [-0.39, 0.29) is 0 Å². The van der Waals surface area contributed by atoms with E-state index in [0.717, 1.165) is 0 Å². The molecule has 11 heavy (non-hydrogen) atoms. The Bertz CT molecular complexity index is 234. The number of isocyanates is 1. The SMILES string of the molecule is C=CCC=C(C)C(=O)N=C=O. The Balaban J connectivity index is 4.22. The van der Waals surface area contributed by atoms with Gasteiger partial charge in [0.15, 0.2) is 0 Å². The molecular weight excluding hydrogens is 142 g/mol. The predicted molar refractivity (Wildman–Crippen MR) is 41.7 cm³/mol. The zero-order valence-corrected chi connectivity index (χ0v) is 6.33. The summed E-state index contributed by atoms with van der Waals surface area (Å²) in [7, 11) is 0. The van der Waals surface area contributed by atoms with Gasteiger partial charge in [0.05, 0.1) is 0 Å².